The minimum Gasteiger partial charge on any atom is -0.320 e. The van der Waals surface area contributed by atoms with Crippen molar-refractivity contribution in [2.24, 2.45) is 0 Å². The Balaban J connectivity index is 2.00. The van der Waals surface area contributed by atoms with Crippen molar-refractivity contribution >= 4 is 38.2 Å². The Labute approximate surface area is 173 Å². The number of hydrogen-bond donors (Lipinski definition) is 2. The summed E-state index contributed by atoms with van der Waals surface area (Å²) in [6, 6.07) is 20.9. The fraction of sp³-hybridized carbons (Fsp3) is 0.0455. The van der Waals surface area contributed by atoms with E-state index in [4.69, 9.17) is 11.6 Å². The van der Waals surface area contributed by atoms with Crippen LogP contribution in [-0.4, -0.2) is 13.4 Å². The fourth-order valence-electron chi connectivity index (χ4n) is 3.32. The van der Waals surface area contributed by atoms with Gasteiger partial charge in [0.05, 0.1) is 10.4 Å². The van der Waals surface area contributed by atoms with E-state index >= 15 is 0 Å². The van der Waals surface area contributed by atoms with Crippen LogP contribution in [-0.2, 0) is 10.0 Å². The summed E-state index contributed by atoms with van der Waals surface area (Å²) in [5.41, 5.74) is 1.75. The molecule has 0 atom stereocenters. The van der Waals surface area contributed by atoms with E-state index in [1.54, 1.807) is 43.3 Å². The number of aromatic amines is 1. The number of anilines is 1. The molecule has 0 saturated heterocycles. The molecular weight excluding hydrogens is 408 g/mol. The van der Waals surface area contributed by atoms with Gasteiger partial charge in [0.15, 0.2) is 0 Å². The van der Waals surface area contributed by atoms with Gasteiger partial charge in [0.2, 0.25) is 0 Å². The first-order valence-electron chi connectivity index (χ1n) is 8.86. The number of hydrogen-bond acceptors (Lipinski definition) is 3. The van der Waals surface area contributed by atoms with Crippen LogP contribution in [0.4, 0.5) is 5.69 Å². The predicted molar refractivity (Wildman–Crippen MR) is 117 cm³/mol. The average Bonchev–Trinajstić information content (AvgIpc) is 2.69. The topological polar surface area (TPSA) is 79.0 Å². The highest BCUT2D eigenvalue weighted by Gasteiger charge is 2.22. The average molecular weight is 425 g/mol. The Hall–Kier alpha value is -3.09. The summed E-state index contributed by atoms with van der Waals surface area (Å²) in [4.78, 5) is 15.8. The van der Waals surface area contributed by atoms with Crippen LogP contribution in [0.1, 0.15) is 5.56 Å². The Morgan fingerprint density at radius 3 is 2.34 bits per heavy atom. The van der Waals surface area contributed by atoms with E-state index in [9.17, 15) is 13.2 Å². The van der Waals surface area contributed by atoms with Crippen molar-refractivity contribution in [3.05, 3.63) is 93.7 Å². The highest BCUT2D eigenvalue weighted by Crippen LogP contribution is 2.34. The third kappa shape index (κ3) is 3.64. The number of aromatic nitrogens is 1. The van der Waals surface area contributed by atoms with Crippen molar-refractivity contribution in [3.8, 4) is 11.1 Å². The predicted octanol–water partition coefficient (Wildman–Crippen LogP) is 4.96. The molecule has 0 unspecified atom stereocenters. The molecule has 29 heavy (non-hydrogen) atoms. The smallest absolute Gasteiger partial charge is 0.273 e. The second-order valence-corrected chi connectivity index (χ2v) is 8.72. The molecule has 3 aromatic carbocycles. The zero-order chi connectivity index (χ0) is 20.6. The number of halogens is 1. The molecule has 1 heterocycles. The van der Waals surface area contributed by atoms with E-state index in [1.165, 1.54) is 6.07 Å². The summed E-state index contributed by atoms with van der Waals surface area (Å²) in [6.07, 6.45) is 0. The number of rotatable bonds is 4. The molecule has 2 N–H and O–H groups in total. The lowest BCUT2D eigenvalue weighted by Gasteiger charge is -2.16. The summed E-state index contributed by atoms with van der Waals surface area (Å²) >= 11 is 6.08. The first kappa shape index (κ1) is 19.2. The molecule has 5 nitrogen and oxygen atoms in total. The Bertz CT molecular complexity index is 1380. The number of H-pyrrole nitrogens is 1. The van der Waals surface area contributed by atoms with Gasteiger partial charge in [-0.2, -0.15) is 0 Å². The number of sulfonamides is 1. The van der Waals surface area contributed by atoms with Gasteiger partial charge in [0.25, 0.3) is 15.6 Å². The van der Waals surface area contributed by atoms with Crippen LogP contribution in [0.3, 0.4) is 0 Å². The van der Waals surface area contributed by atoms with Crippen LogP contribution < -0.4 is 10.3 Å². The van der Waals surface area contributed by atoms with Crippen molar-refractivity contribution in [3.63, 3.8) is 0 Å². The van der Waals surface area contributed by atoms with Crippen LogP contribution in [0.5, 0.6) is 0 Å². The highest BCUT2D eigenvalue weighted by atomic mass is 35.5. The van der Waals surface area contributed by atoms with Gasteiger partial charge in [-0.3, -0.25) is 9.52 Å². The Morgan fingerprint density at radius 2 is 1.62 bits per heavy atom. The van der Waals surface area contributed by atoms with E-state index < -0.39 is 15.6 Å². The molecule has 146 valence electrons. The summed E-state index contributed by atoms with van der Waals surface area (Å²) in [6.45, 7) is 1.71. The number of benzene rings is 3. The van der Waals surface area contributed by atoms with Crippen molar-refractivity contribution in [2.75, 3.05) is 4.72 Å². The van der Waals surface area contributed by atoms with Crippen molar-refractivity contribution < 1.29 is 8.42 Å². The van der Waals surface area contributed by atoms with Crippen LogP contribution in [0.25, 0.3) is 22.0 Å². The van der Waals surface area contributed by atoms with E-state index in [1.807, 2.05) is 30.3 Å². The highest BCUT2D eigenvalue weighted by molar-refractivity contribution is 7.92. The molecule has 4 aromatic rings. The molecule has 0 aliphatic heterocycles. The summed E-state index contributed by atoms with van der Waals surface area (Å²) in [5, 5.41) is 1.16. The first-order chi connectivity index (χ1) is 13.9. The molecule has 0 aliphatic carbocycles. The number of aryl methyl sites for hydroxylation is 1. The number of nitrogens with one attached hydrogen (secondary N) is 2. The van der Waals surface area contributed by atoms with Gasteiger partial charge in [-0.15, -0.1) is 0 Å². The van der Waals surface area contributed by atoms with Gasteiger partial charge in [0.1, 0.15) is 5.69 Å². The van der Waals surface area contributed by atoms with Gasteiger partial charge in [0, 0.05) is 16.0 Å². The second kappa shape index (κ2) is 7.39. The van der Waals surface area contributed by atoms with E-state index in [0.717, 1.165) is 0 Å². The SMILES string of the molecule is Cc1ccccc1S(=O)(=O)Nc1c(-c2ccccc2)c2ccc(Cl)cc2[nH]c1=O. The summed E-state index contributed by atoms with van der Waals surface area (Å²) < 4.78 is 28.6. The maximum absolute atomic E-state index is 13.1. The van der Waals surface area contributed by atoms with Gasteiger partial charge in [-0.05, 0) is 36.2 Å². The molecule has 7 heteroatoms. The molecule has 0 fully saturated rings. The molecular formula is C22H17ClN2O3S. The minimum atomic E-state index is -3.97. The normalized spacial score (nSPS) is 11.5. The standard InChI is InChI=1S/C22H17ClN2O3S/c1-14-7-5-6-10-19(14)29(27,28)25-21-20(15-8-3-2-4-9-15)17-12-11-16(23)13-18(17)24-22(21)26/h2-13,25H,1H3,(H,24,26). The zero-order valence-corrected chi connectivity index (χ0v) is 17.0. The third-order valence-corrected chi connectivity index (χ3v) is 6.40. The van der Waals surface area contributed by atoms with Crippen LogP contribution in [0.2, 0.25) is 5.02 Å². The summed E-state index contributed by atoms with van der Waals surface area (Å²) in [7, 11) is -3.97. The first-order valence-corrected chi connectivity index (χ1v) is 10.7. The zero-order valence-electron chi connectivity index (χ0n) is 15.4. The minimum absolute atomic E-state index is 0.0331. The lowest BCUT2D eigenvalue weighted by molar-refractivity contribution is 0.600. The molecule has 0 amide bonds. The Morgan fingerprint density at radius 1 is 0.931 bits per heavy atom. The molecule has 0 aliphatic rings. The second-order valence-electron chi connectivity index (χ2n) is 6.63. The fourth-order valence-corrected chi connectivity index (χ4v) is 4.82. The van der Waals surface area contributed by atoms with Crippen LogP contribution >= 0.6 is 11.6 Å². The molecule has 1 aromatic heterocycles. The van der Waals surface area contributed by atoms with Crippen LogP contribution in [0, 0.1) is 6.92 Å². The van der Waals surface area contributed by atoms with Crippen molar-refractivity contribution in [2.45, 2.75) is 11.8 Å². The summed E-state index contributed by atoms with van der Waals surface area (Å²) in [5.74, 6) is 0. The lowest BCUT2D eigenvalue weighted by atomic mass is 10.00. The van der Waals surface area contributed by atoms with Crippen LogP contribution in [0.15, 0.2) is 82.5 Å². The van der Waals surface area contributed by atoms with Gasteiger partial charge in [-0.25, -0.2) is 8.42 Å². The molecule has 0 saturated carbocycles. The third-order valence-electron chi connectivity index (χ3n) is 4.66. The molecule has 4 rings (SSSR count). The molecule has 0 bridgehead atoms. The number of pyridine rings is 1. The number of fused-ring (bicyclic) bond motifs is 1. The quantitative estimate of drug-likeness (QED) is 0.486. The van der Waals surface area contributed by atoms with E-state index in [2.05, 4.69) is 9.71 Å². The van der Waals surface area contributed by atoms with Crippen molar-refractivity contribution in [1.29, 1.82) is 0 Å². The Kier molecular flexibility index (Phi) is 4.90. The monoisotopic (exact) mass is 424 g/mol. The van der Waals surface area contributed by atoms with Gasteiger partial charge >= 0.3 is 0 Å². The maximum atomic E-state index is 13.1. The molecule has 0 radical (unpaired) electrons. The van der Waals surface area contributed by atoms with Gasteiger partial charge in [-0.1, -0.05) is 66.2 Å². The molecule has 0 spiro atoms. The van der Waals surface area contributed by atoms with E-state index in [0.29, 0.717) is 32.6 Å². The maximum Gasteiger partial charge on any atom is 0.273 e. The van der Waals surface area contributed by atoms with Gasteiger partial charge < -0.3 is 4.98 Å². The lowest BCUT2D eigenvalue weighted by Crippen LogP contribution is -2.22. The largest absolute Gasteiger partial charge is 0.320 e. The van der Waals surface area contributed by atoms with E-state index in [-0.39, 0.29) is 10.6 Å². The van der Waals surface area contributed by atoms with Crippen molar-refractivity contribution in [1.82, 2.24) is 4.98 Å².